The van der Waals surface area contributed by atoms with Gasteiger partial charge in [0.05, 0.1) is 0 Å². The van der Waals surface area contributed by atoms with Crippen molar-refractivity contribution in [3.63, 3.8) is 0 Å². The Morgan fingerprint density at radius 3 is 0.923 bits per heavy atom. The summed E-state index contributed by atoms with van der Waals surface area (Å²) in [5.41, 5.74) is 0. The number of carboxylic acids is 2. The van der Waals surface area contributed by atoms with Gasteiger partial charge in [-0.3, -0.25) is 4.79 Å². The van der Waals surface area contributed by atoms with E-state index in [9.17, 15) is 0 Å². The minimum absolute atomic E-state index is 0.250. The van der Waals surface area contributed by atoms with Crippen molar-refractivity contribution in [1.29, 1.82) is 0 Å². The van der Waals surface area contributed by atoms with Gasteiger partial charge in [0.1, 0.15) is 0 Å². The summed E-state index contributed by atoms with van der Waals surface area (Å²) < 4.78 is 0. The molecule has 0 amide bonds. The minimum Gasteiger partial charge on any atom is -0.483 e. The van der Waals surface area contributed by atoms with Crippen LogP contribution in [0.5, 0.6) is 0 Å². The van der Waals surface area contributed by atoms with E-state index >= 15 is 0 Å². The molecule has 0 aromatic rings. The summed E-state index contributed by atoms with van der Waals surface area (Å²) in [7, 11) is 0. The van der Waals surface area contributed by atoms with Crippen molar-refractivity contribution in [2.45, 2.75) is 0 Å². The zero-order valence-corrected chi connectivity index (χ0v) is 5.95. The standard InChI is InChI=1S/C2H2O4.CH2O3.CH2O2/c3-1(4)2(5)6;2-1(3)4;2-1-3/h(H,3,4)(H,5,6);(H2,2,3,4);1H,(H,2,3). The molecule has 0 aliphatic heterocycles. The fourth-order valence-electron chi connectivity index (χ4n) is 0. The van der Waals surface area contributed by atoms with Gasteiger partial charge in [-0.25, -0.2) is 14.4 Å². The van der Waals surface area contributed by atoms with Crippen molar-refractivity contribution >= 4 is 24.6 Å². The Morgan fingerprint density at radius 2 is 0.923 bits per heavy atom. The minimum atomic E-state index is -1.83. The highest BCUT2D eigenvalue weighted by molar-refractivity contribution is 6.27. The van der Waals surface area contributed by atoms with Crippen LogP contribution in [0.15, 0.2) is 0 Å². The molecule has 13 heavy (non-hydrogen) atoms. The monoisotopic (exact) mass is 198 g/mol. The Hall–Kier alpha value is -2.32. The van der Waals surface area contributed by atoms with E-state index in [0.29, 0.717) is 0 Å². The van der Waals surface area contributed by atoms with Gasteiger partial charge in [-0.2, -0.15) is 0 Å². The van der Waals surface area contributed by atoms with Crippen molar-refractivity contribution in [2.75, 3.05) is 0 Å². The van der Waals surface area contributed by atoms with E-state index in [0.717, 1.165) is 0 Å². The van der Waals surface area contributed by atoms with E-state index in [-0.39, 0.29) is 6.47 Å². The molecule has 9 nitrogen and oxygen atoms in total. The molecule has 0 aromatic heterocycles. The van der Waals surface area contributed by atoms with Gasteiger partial charge in [-0.1, -0.05) is 0 Å². The molecule has 9 heteroatoms. The fraction of sp³-hybridized carbons (Fsp3) is 0. The SMILES string of the molecule is O=C(O)C(=O)O.O=C(O)O.O=CO. The zero-order valence-electron chi connectivity index (χ0n) is 5.95. The van der Waals surface area contributed by atoms with Crippen LogP contribution >= 0.6 is 0 Å². The average molecular weight is 198 g/mol. The second-order valence-corrected chi connectivity index (χ2v) is 0.998. The Balaban J connectivity index is -0.000000125. The molecule has 5 N–H and O–H groups in total. The summed E-state index contributed by atoms with van der Waals surface area (Å²) >= 11 is 0. The zero-order chi connectivity index (χ0) is 11.4. The number of carboxylic acid groups (broad SMARTS) is 5. The van der Waals surface area contributed by atoms with Crippen LogP contribution < -0.4 is 0 Å². The van der Waals surface area contributed by atoms with E-state index in [1.807, 2.05) is 0 Å². The summed E-state index contributed by atoms with van der Waals surface area (Å²) in [6, 6.07) is 0. The van der Waals surface area contributed by atoms with Crippen LogP contribution in [0.3, 0.4) is 0 Å². The van der Waals surface area contributed by atoms with E-state index in [1.165, 1.54) is 0 Å². The second kappa shape index (κ2) is 12.4. The average Bonchev–Trinajstić information content (AvgIpc) is 1.87. The van der Waals surface area contributed by atoms with E-state index in [4.69, 9.17) is 44.7 Å². The van der Waals surface area contributed by atoms with E-state index in [1.54, 1.807) is 0 Å². The third-order valence-electron chi connectivity index (χ3n) is 0.183. The van der Waals surface area contributed by atoms with Crippen molar-refractivity contribution < 1.29 is 44.7 Å². The van der Waals surface area contributed by atoms with Gasteiger partial charge >= 0.3 is 18.1 Å². The Bertz CT molecular complexity index is 166. The van der Waals surface area contributed by atoms with E-state index < -0.39 is 18.1 Å². The summed E-state index contributed by atoms with van der Waals surface area (Å²) in [6.45, 7) is -0.250. The Labute approximate surface area is 70.5 Å². The molecule has 0 rings (SSSR count). The fourth-order valence-corrected chi connectivity index (χ4v) is 0. The maximum absolute atomic E-state index is 9.10. The third-order valence-corrected chi connectivity index (χ3v) is 0.183. The number of hydrogen-bond donors (Lipinski definition) is 5. The quantitative estimate of drug-likeness (QED) is 0.244. The summed E-state index contributed by atoms with van der Waals surface area (Å²) in [4.78, 5) is 35.1. The lowest BCUT2D eigenvalue weighted by Gasteiger charge is -1.72. The maximum atomic E-state index is 9.10. The molecule has 0 aromatic carbocycles. The molecule has 0 heterocycles. The van der Waals surface area contributed by atoms with Gasteiger partial charge in [0.2, 0.25) is 0 Å². The lowest BCUT2D eigenvalue weighted by atomic mass is 10.7. The molecule has 0 unspecified atom stereocenters. The van der Waals surface area contributed by atoms with Crippen LogP contribution in [0.1, 0.15) is 0 Å². The van der Waals surface area contributed by atoms with Crippen LogP contribution in [0, 0.1) is 0 Å². The van der Waals surface area contributed by atoms with Crippen LogP contribution in [-0.2, 0) is 14.4 Å². The lowest BCUT2D eigenvalue weighted by Crippen LogP contribution is -2.09. The first kappa shape index (κ1) is 17.0. The van der Waals surface area contributed by atoms with Gasteiger partial charge in [-0.15, -0.1) is 0 Å². The lowest BCUT2D eigenvalue weighted by molar-refractivity contribution is -0.159. The predicted molar refractivity (Wildman–Crippen MR) is 34.6 cm³/mol. The van der Waals surface area contributed by atoms with Crippen LogP contribution in [-0.4, -0.2) is 50.1 Å². The molecule has 0 aliphatic carbocycles. The maximum Gasteiger partial charge on any atom is 0.503 e. The van der Waals surface area contributed by atoms with Gasteiger partial charge in [0, 0.05) is 0 Å². The normalized spacial score (nSPS) is 6.15. The number of rotatable bonds is 0. The number of carbonyl (C=O) groups is 4. The summed E-state index contributed by atoms with van der Waals surface area (Å²) in [6.07, 6.45) is -1.83. The number of aliphatic carboxylic acids is 2. The highest BCUT2D eigenvalue weighted by Crippen LogP contribution is 1.56. The van der Waals surface area contributed by atoms with Crippen LogP contribution in [0.4, 0.5) is 4.79 Å². The molecule has 0 radical (unpaired) electrons. The molecular formula is C4H6O9. The number of hydrogen-bond acceptors (Lipinski definition) is 4. The topological polar surface area (TPSA) is 169 Å². The summed E-state index contributed by atoms with van der Waals surface area (Å²) in [5, 5.41) is 35.6. The molecular weight excluding hydrogens is 192 g/mol. The van der Waals surface area contributed by atoms with Crippen LogP contribution in [0.25, 0.3) is 0 Å². The first-order valence-corrected chi connectivity index (χ1v) is 2.25. The van der Waals surface area contributed by atoms with E-state index in [2.05, 4.69) is 0 Å². The molecule has 0 fully saturated rings. The molecule has 0 saturated carbocycles. The molecule has 0 aliphatic rings. The van der Waals surface area contributed by atoms with Gasteiger partial charge < -0.3 is 25.5 Å². The van der Waals surface area contributed by atoms with Crippen molar-refractivity contribution in [3.8, 4) is 0 Å². The molecule has 0 spiro atoms. The van der Waals surface area contributed by atoms with Crippen molar-refractivity contribution in [1.82, 2.24) is 0 Å². The second-order valence-electron chi connectivity index (χ2n) is 0.998. The highest BCUT2D eigenvalue weighted by atomic mass is 16.6. The molecule has 76 valence electrons. The van der Waals surface area contributed by atoms with Gasteiger partial charge in [0.15, 0.2) is 0 Å². The molecule has 0 saturated heterocycles. The first-order chi connectivity index (χ1) is 5.79. The third kappa shape index (κ3) is 202. The Kier molecular flexibility index (Phi) is 16.1. The first-order valence-electron chi connectivity index (χ1n) is 2.25. The largest absolute Gasteiger partial charge is 0.503 e. The Morgan fingerprint density at radius 1 is 0.846 bits per heavy atom. The summed E-state index contributed by atoms with van der Waals surface area (Å²) in [5.74, 6) is -3.65. The van der Waals surface area contributed by atoms with Crippen molar-refractivity contribution in [3.05, 3.63) is 0 Å². The predicted octanol–water partition coefficient (Wildman–Crippen LogP) is -0.921. The highest BCUT2D eigenvalue weighted by Gasteiger charge is 2.04. The molecule has 0 bridgehead atoms. The smallest absolute Gasteiger partial charge is 0.483 e. The van der Waals surface area contributed by atoms with Crippen LogP contribution in [0.2, 0.25) is 0 Å². The molecule has 0 atom stereocenters. The van der Waals surface area contributed by atoms with Gasteiger partial charge in [0.25, 0.3) is 6.47 Å². The van der Waals surface area contributed by atoms with Gasteiger partial charge in [-0.05, 0) is 0 Å². The van der Waals surface area contributed by atoms with Crippen molar-refractivity contribution in [2.24, 2.45) is 0 Å².